The van der Waals surface area contributed by atoms with Crippen molar-refractivity contribution in [3.05, 3.63) is 94.0 Å². The SMILES string of the molecule is CC[C@@H](C)NC(=O)[C@@H](C)N(Cc1ccc(Cl)c(Cl)c1)C(=O)CN(c1ccc(OCc2ccccc2)cc1)S(C)(=O)=O. The molecular weight excluding hydrogens is 585 g/mol. The number of benzene rings is 3. The molecule has 0 radical (unpaired) electrons. The quantitative estimate of drug-likeness (QED) is 0.266. The van der Waals surface area contributed by atoms with Crippen LogP contribution in [0, 0.1) is 0 Å². The van der Waals surface area contributed by atoms with Crippen molar-refractivity contribution in [2.75, 3.05) is 17.1 Å². The first-order chi connectivity index (χ1) is 19.4. The lowest BCUT2D eigenvalue weighted by atomic mass is 10.1. The average molecular weight is 621 g/mol. The predicted octanol–water partition coefficient (Wildman–Crippen LogP) is 5.67. The summed E-state index contributed by atoms with van der Waals surface area (Å²) >= 11 is 12.2. The average Bonchev–Trinajstić information content (AvgIpc) is 2.95. The molecule has 8 nitrogen and oxygen atoms in total. The van der Waals surface area contributed by atoms with Crippen molar-refractivity contribution < 1.29 is 22.7 Å². The number of hydrogen-bond acceptors (Lipinski definition) is 5. The van der Waals surface area contributed by atoms with E-state index in [0.29, 0.717) is 40.1 Å². The van der Waals surface area contributed by atoms with Crippen LogP contribution in [0.1, 0.15) is 38.3 Å². The minimum atomic E-state index is -3.86. The lowest BCUT2D eigenvalue weighted by Crippen LogP contribution is -2.52. The highest BCUT2D eigenvalue weighted by atomic mass is 35.5. The molecule has 0 saturated heterocycles. The Hall–Kier alpha value is -3.27. The number of ether oxygens (including phenoxy) is 1. The minimum absolute atomic E-state index is 0.0225. The molecule has 2 amide bonds. The summed E-state index contributed by atoms with van der Waals surface area (Å²) in [6.45, 7) is 5.29. The number of anilines is 1. The predicted molar refractivity (Wildman–Crippen MR) is 164 cm³/mol. The Balaban J connectivity index is 1.84. The van der Waals surface area contributed by atoms with Crippen LogP contribution in [0.4, 0.5) is 5.69 Å². The van der Waals surface area contributed by atoms with Crippen LogP contribution in [0.2, 0.25) is 10.0 Å². The molecule has 1 N–H and O–H groups in total. The molecule has 11 heteroatoms. The lowest BCUT2D eigenvalue weighted by Gasteiger charge is -2.32. The zero-order valence-electron chi connectivity index (χ0n) is 23.5. The van der Waals surface area contributed by atoms with Gasteiger partial charge < -0.3 is 15.0 Å². The van der Waals surface area contributed by atoms with E-state index in [-0.39, 0.29) is 18.5 Å². The van der Waals surface area contributed by atoms with Crippen LogP contribution in [-0.2, 0) is 32.8 Å². The number of sulfonamides is 1. The summed E-state index contributed by atoms with van der Waals surface area (Å²) in [6, 6.07) is 20.1. The van der Waals surface area contributed by atoms with Gasteiger partial charge in [0.25, 0.3) is 0 Å². The van der Waals surface area contributed by atoms with Gasteiger partial charge >= 0.3 is 0 Å². The number of amides is 2. The molecule has 0 bridgehead atoms. The molecule has 220 valence electrons. The maximum atomic E-state index is 13.7. The molecule has 0 unspecified atom stereocenters. The molecular formula is C30H35Cl2N3O5S. The van der Waals surface area contributed by atoms with E-state index in [4.69, 9.17) is 27.9 Å². The van der Waals surface area contributed by atoms with Crippen LogP contribution in [0.5, 0.6) is 5.75 Å². The Bertz CT molecular complexity index is 1440. The molecule has 0 aliphatic rings. The summed E-state index contributed by atoms with van der Waals surface area (Å²) in [7, 11) is -3.86. The maximum absolute atomic E-state index is 13.7. The molecule has 2 atom stereocenters. The Kier molecular flexibility index (Phi) is 11.5. The Morgan fingerprint density at radius 1 is 0.927 bits per heavy atom. The van der Waals surface area contributed by atoms with Gasteiger partial charge in [-0.25, -0.2) is 8.42 Å². The van der Waals surface area contributed by atoms with E-state index in [1.807, 2.05) is 44.2 Å². The van der Waals surface area contributed by atoms with Gasteiger partial charge in [0.05, 0.1) is 22.0 Å². The highest BCUT2D eigenvalue weighted by Gasteiger charge is 2.30. The second kappa shape index (κ2) is 14.6. The Morgan fingerprint density at radius 3 is 2.17 bits per heavy atom. The second-order valence-corrected chi connectivity index (χ2v) is 12.5. The van der Waals surface area contributed by atoms with Crippen molar-refractivity contribution in [3.63, 3.8) is 0 Å². The third-order valence-electron chi connectivity index (χ3n) is 6.56. The monoisotopic (exact) mass is 619 g/mol. The number of hydrogen-bond donors (Lipinski definition) is 1. The number of carbonyl (C=O) groups excluding carboxylic acids is 2. The first kappa shape index (κ1) is 32.2. The molecule has 3 aromatic rings. The second-order valence-electron chi connectivity index (χ2n) is 9.80. The molecule has 3 aromatic carbocycles. The summed E-state index contributed by atoms with van der Waals surface area (Å²) in [5.41, 5.74) is 1.93. The molecule has 0 aromatic heterocycles. The molecule has 0 aliphatic heterocycles. The highest BCUT2D eigenvalue weighted by Crippen LogP contribution is 2.25. The standard InChI is InChI=1S/C30H35Cl2N3O5S/c1-5-21(2)33-30(37)22(3)34(18-24-11-16-27(31)28(32)17-24)29(36)19-35(41(4,38)39)25-12-14-26(15-13-25)40-20-23-9-7-6-8-10-23/h6-17,21-22H,5,18-20H2,1-4H3,(H,33,37)/t21-,22-/m1/s1. The van der Waals surface area contributed by atoms with Crippen molar-refractivity contribution in [1.29, 1.82) is 0 Å². The van der Waals surface area contributed by atoms with Gasteiger partial charge in [-0.1, -0.05) is 66.5 Å². The van der Waals surface area contributed by atoms with E-state index in [1.54, 1.807) is 49.4 Å². The number of halogens is 2. The van der Waals surface area contributed by atoms with E-state index < -0.39 is 28.5 Å². The Labute approximate surface area is 252 Å². The van der Waals surface area contributed by atoms with E-state index in [2.05, 4.69) is 5.32 Å². The minimum Gasteiger partial charge on any atom is -0.489 e. The van der Waals surface area contributed by atoms with Gasteiger partial charge in [0, 0.05) is 12.6 Å². The van der Waals surface area contributed by atoms with Crippen molar-refractivity contribution in [1.82, 2.24) is 10.2 Å². The van der Waals surface area contributed by atoms with Crippen LogP contribution >= 0.6 is 23.2 Å². The lowest BCUT2D eigenvalue weighted by molar-refractivity contribution is -0.139. The molecule has 0 fully saturated rings. The topological polar surface area (TPSA) is 96.0 Å². The van der Waals surface area contributed by atoms with Crippen molar-refractivity contribution in [3.8, 4) is 5.75 Å². The number of nitrogens with zero attached hydrogens (tertiary/aromatic N) is 2. The fourth-order valence-corrected chi connectivity index (χ4v) is 5.12. The molecule has 0 aliphatic carbocycles. The van der Waals surface area contributed by atoms with Gasteiger partial charge in [-0.05, 0) is 67.8 Å². The van der Waals surface area contributed by atoms with Crippen LogP contribution in [0.15, 0.2) is 72.8 Å². The van der Waals surface area contributed by atoms with Crippen LogP contribution in [0.25, 0.3) is 0 Å². The normalized spacial score (nSPS) is 12.7. The van der Waals surface area contributed by atoms with Gasteiger partial charge in [-0.2, -0.15) is 0 Å². The zero-order chi connectivity index (χ0) is 30.2. The fraction of sp³-hybridized carbons (Fsp3) is 0.333. The van der Waals surface area contributed by atoms with Crippen LogP contribution in [0.3, 0.4) is 0 Å². The molecule has 0 spiro atoms. The van der Waals surface area contributed by atoms with E-state index in [0.717, 1.165) is 16.1 Å². The van der Waals surface area contributed by atoms with Gasteiger partial charge in [0.2, 0.25) is 21.8 Å². The summed E-state index contributed by atoms with van der Waals surface area (Å²) in [4.78, 5) is 28.1. The van der Waals surface area contributed by atoms with E-state index in [1.165, 1.54) is 4.90 Å². The van der Waals surface area contributed by atoms with Crippen LogP contribution < -0.4 is 14.4 Å². The summed E-state index contributed by atoms with van der Waals surface area (Å²) in [5.74, 6) is -0.356. The number of carbonyl (C=O) groups is 2. The summed E-state index contributed by atoms with van der Waals surface area (Å²) in [5, 5.41) is 3.55. The van der Waals surface area contributed by atoms with Crippen molar-refractivity contribution >= 4 is 50.7 Å². The van der Waals surface area contributed by atoms with Gasteiger partial charge in [0.15, 0.2) is 0 Å². The fourth-order valence-electron chi connectivity index (χ4n) is 3.95. The molecule has 0 saturated carbocycles. The number of nitrogens with one attached hydrogen (secondary N) is 1. The largest absolute Gasteiger partial charge is 0.489 e. The van der Waals surface area contributed by atoms with Gasteiger partial charge in [0.1, 0.15) is 24.9 Å². The van der Waals surface area contributed by atoms with Gasteiger partial charge in [-0.3, -0.25) is 13.9 Å². The van der Waals surface area contributed by atoms with Crippen LogP contribution in [-0.4, -0.2) is 50.0 Å². The third-order valence-corrected chi connectivity index (χ3v) is 8.44. The molecule has 41 heavy (non-hydrogen) atoms. The van der Waals surface area contributed by atoms with Crippen molar-refractivity contribution in [2.45, 2.75) is 52.4 Å². The van der Waals surface area contributed by atoms with E-state index >= 15 is 0 Å². The third kappa shape index (κ3) is 9.38. The Morgan fingerprint density at radius 2 is 1.59 bits per heavy atom. The smallest absolute Gasteiger partial charge is 0.244 e. The maximum Gasteiger partial charge on any atom is 0.244 e. The molecule has 0 heterocycles. The summed E-state index contributed by atoms with van der Waals surface area (Å²) in [6.07, 6.45) is 1.74. The van der Waals surface area contributed by atoms with Gasteiger partial charge in [-0.15, -0.1) is 0 Å². The zero-order valence-corrected chi connectivity index (χ0v) is 25.8. The number of rotatable bonds is 13. The first-order valence-corrected chi connectivity index (χ1v) is 15.8. The highest BCUT2D eigenvalue weighted by molar-refractivity contribution is 7.92. The summed E-state index contributed by atoms with van der Waals surface area (Å²) < 4.78 is 32.5. The van der Waals surface area contributed by atoms with Crippen molar-refractivity contribution in [2.24, 2.45) is 0 Å². The molecule has 3 rings (SSSR count). The first-order valence-electron chi connectivity index (χ1n) is 13.2. The van der Waals surface area contributed by atoms with E-state index in [9.17, 15) is 18.0 Å².